The van der Waals surface area contributed by atoms with E-state index in [0.29, 0.717) is 42.5 Å². The number of pyridine rings is 2. The molecular weight excluding hydrogens is 494 g/mol. The fraction of sp³-hybridized carbons (Fsp3) is 0.269. The van der Waals surface area contributed by atoms with Gasteiger partial charge in [-0.3, -0.25) is 14.3 Å². The zero-order valence-electron chi connectivity index (χ0n) is 20.3. The summed E-state index contributed by atoms with van der Waals surface area (Å²) in [6, 6.07) is 10.8. The van der Waals surface area contributed by atoms with E-state index in [2.05, 4.69) is 15.0 Å². The molecule has 3 aromatic heterocycles. The number of carbonyl (C=O) groups excluding carboxylic acids is 1. The molecule has 5 rings (SSSR count). The lowest BCUT2D eigenvalue weighted by atomic mass is 10.0. The Balaban J connectivity index is 1.49. The summed E-state index contributed by atoms with van der Waals surface area (Å²) in [5.41, 5.74) is 4.51. The van der Waals surface area contributed by atoms with Gasteiger partial charge in [0.1, 0.15) is 11.3 Å². The van der Waals surface area contributed by atoms with Gasteiger partial charge in [-0.1, -0.05) is 31.2 Å². The third kappa shape index (κ3) is 4.75. The molecule has 1 aromatic carbocycles. The van der Waals surface area contributed by atoms with Gasteiger partial charge in [0, 0.05) is 24.1 Å². The Morgan fingerprint density at radius 2 is 1.89 bits per heavy atom. The van der Waals surface area contributed by atoms with Crippen molar-refractivity contribution in [1.29, 1.82) is 0 Å². The van der Waals surface area contributed by atoms with Gasteiger partial charge in [0.05, 0.1) is 18.4 Å². The second-order valence-electron chi connectivity index (χ2n) is 9.00. The van der Waals surface area contributed by atoms with Gasteiger partial charge in [0.25, 0.3) is 11.3 Å². The molecule has 11 heteroatoms. The van der Waals surface area contributed by atoms with Gasteiger partial charge in [0.15, 0.2) is 11.3 Å². The molecule has 1 aliphatic carbocycles. The molecule has 0 aliphatic heterocycles. The number of fused-ring (bicyclic) bond motifs is 1. The van der Waals surface area contributed by atoms with Crippen molar-refractivity contribution >= 4 is 40.0 Å². The minimum absolute atomic E-state index is 0.0269. The third-order valence-corrected chi connectivity index (χ3v) is 7.10. The van der Waals surface area contributed by atoms with Crippen LogP contribution in [0.4, 0.5) is 5.69 Å². The summed E-state index contributed by atoms with van der Waals surface area (Å²) in [4.78, 5) is 37.4. The Labute approximate surface area is 215 Å². The van der Waals surface area contributed by atoms with E-state index in [4.69, 9.17) is 0 Å². The molecule has 0 bridgehead atoms. The normalized spacial score (nSPS) is 14.0. The molecule has 1 amide bonds. The first-order valence-electron chi connectivity index (χ1n) is 11.9. The van der Waals surface area contributed by atoms with Gasteiger partial charge < -0.3 is 9.67 Å². The van der Waals surface area contributed by atoms with Gasteiger partial charge in [-0.25, -0.2) is 23.3 Å². The van der Waals surface area contributed by atoms with E-state index in [9.17, 15) is 23.5 Å². The molecule has 2 N–H and O–H groups in total. The summed E-state index contributed by atoms with van der Waals surface area (Å²) in [6.45, 7) is 4.25. The van der Waals surface area contributed by atoms with Crippen molar-refractivity contribution in [2.75, 3.05) is 4.31 Å². The SMILES string of the molecule is CCc1nc2c(C)cc(C(=O)O)nc2n1Cc1ccc(-c2ccncc2N(C(=O)C2CC2)S(=O)O)cc1. The summed E-state index contributed by atoms with van der Waals surface area (Å²) in [7, 11) is 0. The van der Waals surface area contributed by atoms with Crippen molar-refractivity contribution in [1.82, 2.24) is 19.5 Å². The van der Waals surface area contributed by atoms with Crippen molar-refractivity contribution in [2.24, 2.45) is 5.92 Å². The van der Waals surface area contributed by atoms with Crippen LogP contribution in [0.15, 0.2) is 48.8 Å². The first-order chi connectivity index (χ1) is 17.8. The summed E-state index contributed by atoms with van der Waals surface area (Å²) in [5, 5.41) is 9.46. The second kappa shape index (κ2) is 9.83. The topological polar surface area (TPSA) is 139 Å². The highest BCUT2D eigenvalue weighted by molar-refractivity contribution is 7.81. The number of nitrogens with zero attached hydrogens (tertiary/aromatic N) is 5. The van der Waals surface area contributed by atoms with E-state index in [1.165, 1.54) is 12.3 Å². The number of rotatable bonds is 8. The lowest BCUT2D eigenvalue weighted by molar-refractivity contribution is -0.118. The van der Waals surface area contributed by atoms with Crippen LogP contribution in [0.3, 0.4) is 0 Å². The first kappa shape index (κ1) is 24.7. The van der Waals surface area contributed by atoms with Crippen LogP contribution in [-0.2, 0) is 29.0 Å². The number of carboxylic acid groups (broad SMARTS) is 1. The quantitative estimate of drug-likeness (QED) is 0.333. The molecule has 37 heavy (non-hydrogen) atoms. The Hall–Kier alpha value is -3.96. The van der Waals surface area contributed by atoms with Gasteiger partial charge >= 0.3 is 5.97 Å². The standard InChI is InChI=1S/C26H25N5O5S/c1-3-22-29-23-15(2)12-20(26(33)34)28-24(23)30(22)14-16-4-6-17(7-5-16)19-10-11-27-13-21(19)31(37(35)36)25(32)18-8-9-18/h4-7,10-13,18H,3,8-9,14H2,1-2H3,(H,33,34)(H,35,36). The van der Waals surface area contributed by atoms with Gasteiger partial charge in [-0.15, -0.1) is 0 Å². The average Bonchev–Trinajstić information content (AvgIpc) is 3.67. The number of aromatic carboxylic acids is 1. The number of hydrogen-bond acceptors (Lipinski definition) is 6. The number of aromatic nitrogens is 4. The number of imidazole rings is 1. The molecule has 1 aliphatic rings. The monoisotopic (exact) mass is 519 g/mol. The summed E-state index contributed by atoms with van der Waals surface area (Å²) in [6.07, 6.45) is 5.08. The Morgan fingerprint density at radius 3 is 2.51 bits per heavy atom. The minimum Gasteiger partial charge on any atom is -0.477 e. The summed E-state index contributed by atoms with van der Waals surface area (Å²) in [5.74, 6) is -0.905. The van der Waals surface area contributed by atoms with Crippen LogP contribution < -0.4 is 4.31 Å². The van der Waals surface area contributed by atoms with Crippen LogP contribution >= 0.6 is 0 Å². The maximum absolute atomic E-state index is 12.7. The number of carbonyl (C=O) groups is 2. The Kier molecular flexibility index (Phi) is 6.57. The van der Waals surface area contributed by atoms with Crippen molar-refractivity contribution in [3.63, 3.8) is 0 Å². The predicted octanol–water partition coefficient (Wildman–Crippen LogP) is 3.99. The zero-order chi connectivity index (χ0) is 26.3. The molecule has 1 unspecified atom stereocenters. The van der Waals surface area contributed by atoms with Crippen LogP contribution in [0, 0.1) is 12.8 Å². The molecule has 1 saturated carbocycles. The van der Waals surface area contributed by atoms with Crippen molar-refractivity contribution < 1.29 is 23.5 Å². The molecule has 10 nitrogen and oxygen atoms in total. The molecule has 1 fully saturated rings. The molecule has 190 valence electrons. The fourth-order valence-electron chi connectivity index (χ4n) is 4.37. The van der Waals surface area contributed by atoms with Crippen molar-refractivity contribution in [2.45, 2.75) is 39.7 Å². The number of carboxylic acids is 1. The number of hydrogen-bond donors (Lipinski definition) is 2. The Morgan fingerprint density at radius 1 is 1.16 bits per heavy atom. The lowest BCUT2D eigenvalue weighted by Gasteiger charge is -2.20. The predicted molar refractivity (Wildman–Crippen MR) is 138 cm³/mol. The van der Waals surface area contributed by atoms with E-state index in [1.807, 2.05) is 42.7 Å². The van der Waals surface area contributed by atoms with Crippen molar-refractivity contribution in [3.05, 3.63) is 71.4 Å². The number of amides is 1. The summed E-state index contributed by atoms with van der Waals surface area (Å²) >= 11 is -2.52. The highest BCUT2D eigenvalue weighted by atomic mass is 32.2. The molecule has 0 saturated heterocycles. The number of benzene rings is 1. The molecule has 3 heterocycles. The van der Waals surface area contributed by atoms with Crippen LogP contribution in [-0.4, -0.2) is 45.3 Å². The maximum atomic E-state index is 12.7. The molecule has 1 atom stereocenters. The number of aryl methyl sites for hydroxylation is 2. The highest BCUT2D eigenvalue weighted by Gasteiger charge is 2.37. The van der Waals surface area contributed by atoms with Gasteiger partial charge in [-0.05, 0) is 48.6 Å². The molecule has 0 radical (unpaired) electrons. The van der Waals surface area contributed by atoms with E-state index in [0.717, 1.165) is 26.8 Å². The number of anilines is 1. The zero-order valence-corrected chi connectivity index (χ0v) is 21.1. The van der Waals surface area contributed by atoms with Crippen LogP contribution in [0.2, 0.25) is 0 Å². The van der Waals surface area contributed by atoms with Crippen molar-refractivity contribution in [3.8, 4) is 11.1 Å². The van der Waals surface area contributed by atoms with E-state index < -0.39 is 17.2 Å². The lowest BCUT2D eigenvalue weighted by Crippen LogP contribution is -2.34. The smallest absolute Gasteiger partial charge is 0.354 e. The molecule has 0 spiro atoms. The average molecular weight is 520 g/mol. The van der Waals surface area contributed by atoms with Gasteiger partial charge in [0.2, 0.25) is 5.91 Å². The van der Waals surface area contributed by atoms with E-state index in [1.54, 1.807) is 12.3 Å². The van der Waals surface area contributed by atoms with Crippen LogP contribution in [0.5, 0.6) is 0 Å². The fourth-order valence-corrected chi connectivity index (χ4v) is 4.99. The third-order valence-electron chi connectivity index (χ3n) is 6.42. The minimum atomic E-state index is -2.52. The van der Waals surface area contributed by atoms with E-state index in [-0.39, 0.29) is 23.2 Å². The van der Waals surface area contributed by atoms with Gasteiger partial charge in [-0.2, -0.15) is 0 Å². The second-order valence-corrected chi connectivity index (χ2v) is 9.82. The van der Waals surface area contributed by atoms with Crippen LogP contribution in [0.25, 0.3) is 22.3 Å². The highest BCUT2D eigenvalue weighted by Crippen LogP contribution is 2.37. The Bertz CT molecular complexity index is 1550. The molecule has 4 aromatic rings. The molecular formula is C26H25N5O5S. The largest absolute Gasteiger partial charge is 0.477 e. The maximum Gasteiger partial charge on any atom is 0.354 e. The van der Waals surface area contributed by atoms with E-state index >= 15 is 0 Å². The first-order valence-corrected chi connectivity index (χ1v) is 12.9. The summed E-state index contributed by atoms with van der Waals surface area (Å²) < 4.78 is 24.8. The van der Waals surface area contributed by atoms with Crippen LogP contribution in [0.1, 0.15) is 47.2 Å².